The van der Waals surface area contributed by atoms with Gasteiger partial charge in [-0.05, 0) is 6.07 Å². The first-order chi connectivity index (χ1) is 6.22. The molecule has 0 saturated carbocycles. The summed E-state index contributed by atoms with van der Waals surface area (Å²) in [4.78, 5) is 2.69. The van der Waals surface area contributed by atoms with E-state index in [4.69, 9.17) is 5.53 Å². The highest BCUT2D eigenvalue weighted by Gasteiger charge is 2.08. The van der Waals surface area contributed by atoms with E-state index in [9.17, 15) is 8.78 Å². The van der Waals surface area contributed by atoms with E-state index in [1.54, 1.807) is 0 Å². The van der Waals surface area contributed by atoms with Crippen molar-refractivity contribution in [3.8, 4) is 0 Å². The van der Waals surface area contributed by atoms with Gasteiger partial charge >= 0.3 is 0 Å². The van der Waals surface area contributed by atoms with Gasteiger partial charge in [0.25, 0.3) is 0 Å². The molecule has 0 atom stereocenters. The lowest BCUT2D eigenvalue weighted by molar-refractivity contribution is 0.511. The van der Waals surface area contributed by atoms with Gasteiger partial charge in [-0.25, -0.2) is 14.3 Å². The lowest BCUT2D eigenvalue weighted by Gasteiger charge is -1.93. The van der Waals surface area contributed by atoms with Crippen LogP contribution < -0.4 is 0 Å². The van der Waals surface area contributed by atoms with Crippen LogP contribution in [0.5, 0.6) is 0 Å². The van der Waals surface area contributed by atoms with Crippen molar-refractivity contribution in [2.45, 2.75) is 0 Å². The van der Waals surface area contributed by atoms with Gasteiger partial charge in [-0.15, -0.1) is 0 Å². The van der Waals surface area contributed by atoms with Gasteiger partial charge in [0.05, 0.1) is 5.52 Å². The average molecular weight is 181 g/mol. The van der Waals surface area contributed by atoms with Crippen LogP contribution in [0.2, 0.25) is 0 Å². The highest BCUT2D eigenvalue weighted by Crippen LogP contribution is 2.27. The Kier molecular flexibility index (Phi) is 1.58. The molecule has 0 radical (unpaired) electrons. The summed E-state index contributed by atoms with van der Waals surface area (Å²) in [6.45, 7) is 0. The molecule has 0 amide bonds. The van der Waals surface area contributed by atoms with E-state index >= 15 is 0 Å². The SMILES string of the molecule is N=Nc1c[nH]c2cc(F)c(F)cc12. The number of hydrogen-bond donors (Lipinski definition) is 2. The Morgan fingerprint density at radius 1 is 1.23 bits per heavy atom. The van der Waals surface area contributed by atoms with Crippen molar-refractivity contribution in [1.29, 1.82) is 5.53 Å². The Morgan fingerprint density at radius 2 is 1.92 bits per heavy atom. The highest BCUT2D eigenvalue weighted by atomic mass is 19.2. The van der Waals surface area contributed by atoms with Crippen LogP contribution in [0.4, 0.5) is 14.5 Å². The number of nitrogens with zero attached hydrogens (tertiary/aromatic N) is 1. The van der Waals surface area contributed by atoms with Crippen LogP contribution in [-0.2, 0) is 0 Å². The molecule has 66 valence electrons. The Balaban J connectivity index is 2.84. The second-order valence-corrected chi connectivity index (χ2v) is 2.60. The van der Waals surface area contributed by atoms with Gasteiger partial charge < -0.3 is 4.98 Å². The Labute approximate surface area is 71.9 Å². The molecule has 5 heteroatoms. The summed E-state index contributed by atoms with van der Waals surface area (Å²) in [6.07, 6.45) is 1.43. The fourth-order valence-corrected chi connectivity index (χ4v) is 1.19. The third kappa shape index (κ3) is 1.09. The van der Waals surface area contributed by atoms with Gasteiger partial charge in [0.1, 0.15) is 5.69 Å². The normalized spacial score (nSPS) is 10.6. The molecule has 0 spiro atoms. The van der Waals surface area contributed by atoms with E-state index in [-0.39, 0.29) is 0 Å². The molecule has 0 aliphatic rings. The first-order valence-corrected chi connectivity index (χ1v) is 3.56. The fourth-order valence-electron chi connectivity index (χ4n) is 1.19. The molecule has 0 bridgehead atoms. The summed E-state index contributed by atoms with van der Waals surface area (Å²) in [5.41, 5.74) is 7.49. The standard InChI is InChI=1S/C8H5F2N3/c9-5-1-4-7(2-6(5)10)12-3-8(4)13-11/h1-3,11-12H. The van der Waals surface area contributed by atoms with E-state index < -0.39 is 11.6 Å². The predicted molar refractivity (Wildman–Crippen MR) is 43.0 cm³/mol. The van der Waals surface area contributed by atoms with E-state index in [2.05, 4.69) is 10.1 Å². The third-order valence-corrected chi connectivity index (χ3v) is 1.82. The summed E-state index contributed by atoms with van der Waals surface area (Å²) >= 11 is 0. The van der Waals surface area contributed by atoms with Gasteiger partial charge in [0, 0.05) is 17.6 Å². The smallest absolute Gasteiger partial charge is 0.160 e. The molecule has 1 aromatic carbocycles. The van der Waals surface area contributed by atoms with E-state index in [1.807, 2.05) is 0 Å². The van der Waals surface area contributed by atoms with Crippen LogP contribution >= 0.6 is 0 Å². The van der Waals surface area contributed by atoms with Crippen molar-refractivity contribution in [1.82, 2.24) is 4.98 Å². The molecule has 0 aliphatic heterocycles. The predicted octanol–water partition coefficient (Wildman–Crippen LogP) is 3.11. The quantitative estimate of drug-likeness (QED) is 0.635. The van der Waals surface area contributed by atoms with Gasteiger partial charge in [-0.3, -0.25) is 0 Å². The molecule has 0 aliphatic carbocycles. The zero-order valence-corrected chi connectivity index (χ0v) is 6.44. The maximum absolute atomic E-state index is 12.8. The molecular weight excluding hydrogens is 176 g/mol. The minimum Gasteiger partial charge on any atom is -0.359 e. The topological polar surface area (TPSA) is 52.0 Å². The van der Waals surface area contributed by atoms with E-state index in [0.717, 1.165) is 12.1 Å². The second-order valence-electron chi connectivity index (χ2n) is 2.60. The van der Waals surface area contributed by atoms with Gasteiger partial charge in [-0.1, -0.05) is 0 Å². The summed E-state index contributed by atoms with van der Waals surface area (Å²) in [7, 11) is 0. The second kappa shape index (κ2) is 2.62. The molecule has 13 heavy (non-hydrogen) atoms. The molecule has 1 heterocycles. The van der Waals surface area contributed by atoms with Gasteiger partial charge in [-0.2, -0.15) is 5.11 Å². The van der Waals surface area contributed by atoms with Crippen molar-refractivity contribution in [3.63, 3.8) is 0 Å². The number of hydrogen-bond acceptors (Lipinski definition) is 2. The molecule has 0 saturated heterocycles. The van der Waals surface area contributed by atoms with Crippen LogP contribution in [0, 0.1) is 17.2 Å². The van der Waals surface area contributed by atoms with Crippen molar-refractivity contribution < 1.29 is 8.78 Å². The Morgan fingerprint density at radius 3 is 2.62 bits per heavy atom. The lowest BCUT2D eigenvalue weighted by atomic mass is 10.2. The van der Waals surface area contributed by atoms with Crippen molar-refractivity contribution in [2.75, 3.05) is 0 Å². The molecule has 0 unspecified atom stereocenters. The molecule has 2 N–H and O–H groups in total. The largest absolute Gasteiger partial charge is 0.359 e. The average Bonchev–Trinajstić information content (AvgIpc) is 2.48. The number of benzene rings is 1. The van der Waals surface area contributed by atoms with Gasteiger partial charge in [0.2, 0.25) is 0 Å². The lowest BCUT2D eigenvalue weighted by Crippen LogP contribution is -1.81. The van der Waals surface area contributed by atoms with Crippen LogP contribution in [0.1, 0.15) is 0 Å². The number of halogens is 2. The Hall–Kier alpha value is -1.78. The Bertz CT molecular complexity index is 475. The molecule has 3 nitrogen and oxygen atoms in total. The third-order valence-electron chi connectivity index (χ3n) is 1.82. The van der Waals surface area contributed by atoms with E-state index in [0.29, 0.717) is 16.6 Å². The summed E-state index contributed by atoms with van der Waals surface area (Å²) in [6, 6.07) is 2.06. The number of rotatable bonds is 1. The number of nitrogens with one attached hydrogen (secondary N) is 2. The molecule has 1 aromatic heterocycles. The van der Waals surface area contributed by atoms with Gasteiger partial charge in [0.15, 0.2) is 11.6 Å². The number of fused-ring (bicyclic) bond motifs is 1. The zero-order chi connectivity index (χ0) is 9.42. The van der Waals surface area contributed by atoms with Crippen molar-refractivity contribution in [3.05, 3.63) is 30.0 Å². The molecule has 2 aromatic rings. The maximum Gasteiger partial charge on any atom is 0.160 e. The molecular formula is C8H5F2N3. The number of H-pyrrole nitrogens is 1. The summed E-state index contributed by atoms with van der Waals surface area (Å²) in [5, 5.41) is 3.57. The van der Waals surface area contributed by atoms with Crippen LogP contribution in [0.25, 0.3) is 10.9 Å². The first-order valence-electron chi connectivity index (χ1n) is 3.56. The highest BCUT2D eigenvalue weighted by molar-refractivity contribution is 5.90. The van der Waals surface area contributed by atoms with Crippen LogP contribution in [0.3, 0.4) is 0 Å². The number of aromatic nitrogens is 1. The van der Waals surface area contributed by atoms with Crippen LogP contribution in [-0.4, -0.2) is 4.98 Å². The monoisotopic (exact) mass is 181 g/mol. The maximum atomic E-state index is 12.8. The molecule has 2 rings (SSSR count). The summed E-state index contributed by atoms with van der Waals surface area (Å²) in [5.74, 6) is -1.84. The minimum absolute atomic E-state index is 0.300. The molecule has 0 fully saturated rings. The summed E-state index contributed by atoms with van der Waals surface area (Å²) < 4.78 is 25.4. The van der Waals surface area contributed by atoms with Crippen molar-refractivity contribution in [2.24, 2.45) is 5.11 Å². The minimum atomic E-state index is -0.933. The fraction of sp³-hybridized carbons (Fsp3) is 0. The number of aromatic amines is 1. The zero-order valence-electron chi connectivity index (χ0n) is 6.44. The van der Waals surface area contributed by atoms with Crippen LogP contribution in [0.15, 0.2) is 23.4 Å². The van der Waals surface area contributed by atoms with E-state index in [1.165, 1.54) is 6.20 Å². The first kappa shape index (κ1) is 7.85. The van der Waals surface area contributed by atoms with Crippen molar-refractivity contribution >= 4 is 16.6 Å².